The molecule has 1 amide bonds. The third-order valence-electron chi connectivity index (χ3n) is 2.41. The van der Waals surface area contributed by atoms with E-state index >= 15 is 0 Å². The Morgan fingerprint density at radius 1 is 1.67 bits per heavy atom. The van der Waals surface area contributed by atoms with E-state index in [1.54, 1.807) is 23.2 Å². The molecule has 0 aromatic carbocycles. The van der Waals surface area contributed by atoms with E-state index in [2.05, 4.69) is 20.9 Å². The highest BCUT2D eigenvalue weighted by Crippen LogP contribution is 2.18. The first-order chi connectivity index (χ1) is 7.18. The number of carbonyl (C=O) groups is 1. The Morgan fingerprint density at radius 2 is 2.47 bits per heavy atom. The van der Waals surface area contributed by atoms with Crippen LogP contribution in [0.5, 0.6) is 0 Å². The standard InChI is InChI=1S/C10H11BrN2O2/c11-8-2-1-4-12-9(8)10(15)13-5-3-7(14)6-13/h1-2,4,7,14H,3,5-6H2/t7-/m0/s1. The number of halogens is 1. The second-order valence-electron chi connectivity index (χ2n) is 3.53. The van der Waals surface area contributed by atoms with Gasteiger partial charge in [-0.15, -0.1) is 0 Å². The number of aromatic nitrogens is 1. The maximum Gasteiger partial charge on any atom is 0.273 e. The third kappa shape index (κ3) is 2.18. The Kier molecular flexibility index (Phi) is 3.02. The minimum absolute atomic E-state index is 0.126. The molecule has 0 bridgehead atoms. The molecule has 1 aliphatic rings. The molecule has 1 atom stereocenters. The summed E-state index contributed by atoms with van der Waals surface area (Å²) in [7, 11) is 0. The molecule has 0 radical (unpaired) electrons. The molecule has 0 aliphatic carbocycles. The molecule has 1 aromatic rings. The van der Waals surface area contributed by atoms with Gasteiger partial charge in [0.2, 0.25) is 0 Å². The average Bonchev–Trinajstić information content (AvgIpc) is 2.65. The fourth-order valence-corrected chi connectivity index (χ4v) is 2.04. The normalized spacial score (nSPS) is 20.7. The van der Waals surface area contributed by atoms with Gasteiger partial charge < -0.3 is 10.0 Å². The van der Waals surface area contributed by atoms with Crippen LogP contribution in [0.25, 0.3) is 0 Å². The van der Waals surface area contributed by atoms with Gasteiger partial charge in [0, 0.05) is 23.8 Å². The lowest BCUT2D eigenvalue weighted by Gasteiger charge is -2.15. The van der Waals surface area contributed by atoms with E-state index in [4.69, 9.17) is 0 Å². The van der Waals surface area contributed by atoms with E-state index in [-0.39, 0.29) is 5.91 Å². The summed E-state index contributed by atoms with van der Waals surface area (Å²) in [6.07, 6.45) is 1.84. The van der Waals surface area contributed by atoms with Crippen molar-refractivity contribution in [2.45, 2.75) is 12.5 Å². The van der Waals surface area contributed by atoms with Crippen LogP contribution in [0.1, 0.15) is 16.9 Å². The summed E-state index contributed by atoms with van der Waals surface area (Å²) in [5, 5.41) is 9.34. The van der Waals surface area contributed by atoms with Crippen LogP contribution < -0.4 is 0 Å². The maximum atomic E-state index is 11.9. The highest BCUT2D eigenvalue weighted by molar-refractivity contribution is 9.10. The number of aliphatic hydroxyl groups is 1. The number of rotatable bonds is 1. The Bertz CT molecular complexity index is 383. The zero-order chi connectivity index (χ0) is 10.8. The third-order valence-corrected chi connectivity index (χ3v) is 3.05. The molecule has 5 heteroatoms. The number of amides is 1. The minimum Gasteiger partial charge on any atom is -0.391 e. The number of pyridine rings is 1. The first-order valence-electron chi connectivity index (χ1n) is 4.76. The monoisotopic (exact) mass is 270 g/mol. The van der Waals surface area contributed by atoms with Gasteiger partial charge in [0.25, 0.3) is 5.91 Å². The zero-order valence-electron chi connectivity index (χ0n) is 8.06. The van der Waals surface area contributed by atoms with Crippen LogP contribution in [0.3, 0.4) is 0 Å². The molecule has 1 fully saturated rings. The largest absolute Gasteiger partial charge is 0.391 e. The summed E-state index contributed by atoms with van der Waals surface area (Å²) in [6.45, 7) is 1.00. The number of likely N-dealkylation sites (tertiary alicyclic amines) is 1. The van der Waals surface area contributed by atoms with Crippen LogP contribution in [0.15, 0.2) is 22.8 Å². The Morgan fingerprint density at radius 3 is 3.07 bits per heavy atom. The Hall–Kier alpha value is -0.940. The molecule has 4 nitrogen and oxygen atoms in total. The fraction of sp³-hybridized carbons (Fsp3) is 0.400. The summed E-state index contributed by atoms with van der Waals surface area (Å²) in [6, 6.07) is 3.55. The fourth-order valence-electron chi connectivity index (χ4n) is 1.62. The first-order valence-corrected chi connectivity index (χ1v) is 5.55. The minimum atomic E-state index is -0.392. The number of hydrogen-bond acceptors (Lipinski definition) is 3. The summed E-state index contributed by atoms with van der Waals surface area (Å²) < 4.78 is 0.691. The van der Waals surface area contributed by atoms with E-state index in [0.29, 0.717) is 29.7 Å². The number of carbonyl (C=O) groups excluding carboxylic acids is 1. The summed E-state index contributed by atoms with van der Waals surface area (Å²) in [4.78, 5) is 17.6. The van der Waals surface area contributed by atoms with E-state index < -0.39 is 6.10 Å². The highest BCUT2D eigenvalue weighted by atomic mass is 79.9. The Balaban J connectivity index is 2.18. The molecular weight excluding hydrogens is 260 g/mol. The lowest BCUT2D eigenvalue weighted by Crippen LogP contribution is -2.30. The number of hydrogen-bond donors (Lipinski definition) is 1. The molecule has 1 saturated heterocycles. The van der Waals surface area contributed by atoms with Crippen LogP contribution >= 0.6 is 15.9 Å². The van der Waals surface area contributed by atoms with Gasteiger partial charge in [-0.1, -0.05) is 0 Å². The van der Waals surface area contributed by atoms with Crippen molar-refractivity contribution in [2.75, 3.05) is 13.1 Å². The van der Waals surface area contributed by atoms with Crippen molar-refractivity contribution in [3.05, 3.63) is 28.5 Å². The lowest BCUT2D eigenvalue weighted by molar-refractivity contribution is 0.0758. The molecule has 1 aromatic heterocycles. The molecule has 1 aliphatic heterocycles. The maximum absolute atomic E-state index is 11.9. The zero-order valence-corrected chi connectivity index (χ0v) is 9.64. The van der Waals surface area contributed by atoms with Gasteiger partial charge in [-0.25, -0.2) is 4.98 Å². The van der Waals surface area contributed by atoms with Gasteiger partial charge in [-0.2, -0.15) is 0 Å². The van der Waals surface area contributed by atoms with Crippen molar-refractivity contribution in [2.24, 2.45) is 0 Å². The molecular formula is C10H11BrN2O2. The molecule has 1 N–H and O–H groups in total. The quantitative estimate of drug-likeness (QED) is 0.830. The van der Waals surface area contributed by atoms with E-state index in [9.17, 15) is 9.90 Å². The van der Waals surface area contributed by atoms with Gasteiger partial charge >= 0.3 is 0 Å². The number of β-amino-alcohol motifs (C(OH)–C–C–N with tert-alkyl or cyclic N) is 1. The molecule has 15 heavy (non-hydrogen) atoms. The van der Waals surface area contributed by atoms with Crippen molar-refractivity contribution < 1.29 is 9.90 Å². The highest BCUT2D eigenvalue weighted by Gasteiger charge is 2.26. The van der Waals surface area contributed by atoms with Crippen molar-refractivity contribution in [1.82, 2.24) is 9.88 Å². The van der Waals surface area contributed by atoms with E-state index in [1.807, 2.05) is 0 Å². The van der Waals surface area contributed by atoms with Crippen molar-refractivity contribution in [3.8, 4) is 0 Å². The Labute approximate surface area is 96.1 Å². The lowest BCUT2D eigenvalue weighted by atomic mass is 10.3. The van der Waals surface area contributed by atoms with Gasteiger partial charge in [0.1, 0.15) is 5.69 Å². The van der Waals surface area contributed by atoms with Crippen LogP contribution in [-0.4, -0.2) is 40.1 Å². The molecule has 0 unspecified atom stereocenters. The number of nitrogens with zero attached hydrogens (tertiary/aromatic N) is 2. The van der Waals surface area contributed by atoms with Crippen molar-refractivity contribution >= 4 is 21.8 Å². The molecule has 80 valence electrons. The smallest absolute Gasteiger partial charge is 0.273 e. The second kappa shape index (κ2) is 4.28. The predicted molar refractivity (Wildman–Crippen MR) is 58.5 cm³/mol. The van der Waals surface area contributed by atoms with E-state index in [1.165, 1.54) is 0 Å². The summed E-state index contributed by atoms with van der Waals surface area (Å²) in [5.41, 5.74) is 0.409. The van der Waals surface area contributed by atoms with Gasteiger partial charge in [0.15, 0.2) is 0 Å². The first kappa shape index (κ1) is 10.6. The van der Waals surface area contributed by atoms with Gasteiger partial charge in [0.05, 0.1) is 6.10 Å². The SMILES string of the molecule is O=C(c1ncccc1Br)N1CC[C@H](O)C1. The second-order valence-corrected chi connectivity index (χ2v) is 4.38. The summed E-state index contributed by atoms with van der Waals surface area (Å²) >= 11 is 3.29. The molecule has 2 rings (SSSR count). The summed E-state index contributed by atoms with van der Waals surface area (Å²) in [5.74, 6) is -0.126. The van der Waals surface area contributed by atoms with Crippen LogP contribution in [0.4, 0.5) is 0 Å². The topological polar surface area (TPSA) is 53.4 Å². The average molecular weight is 271 g/mol. The molecule has 2 heterocycles. The van der Waals surface area contributed by atoms with Crippen molar-refractivity contribution in [3.63, 3.8) is 0 Å². The van der Waals surface area contributed by atoms with Crippen molar-refractivity contribution in [1.29, 1.82) is 0 Å². The van der Waals surface area contributed by atoms with Crippen LogP contribution in [-0.2, 0) is 0 Å². The number of aliphatic hydroxyl groups excluding tert-OH is 1. The van der Waals surface area contributed by atoms with Gasteiger partial charge in [-0.3, -0.25) is 4.79 Å². The van der Waals surface area contributed by atoms with Crippen LogP contribution in [0, 0.1) is 0 Å². The molecule has 0 saturated carbocycles. The predicted octanol–water partition coefficient (Wildman–Crippen LogP) is 1.05. The van der Waals surface area contributed by atoms with E-state index in [0.717, 1.165) is 0 Å². The van der Waals surface area contributed by atoms with Crippen LogP contribution in [0.2, 0.25) is 0 Å². The van der Waals surface area contributed by atoms with Gasteiger partial charge in [-0.05, 0) is 34.5 Å². The molecule has 0 spiro atoms.